The lowest BCUT2D eigenvalue weighted by atomic mass is 10.0. The Bertz CT molecular complexity index is 2550. The fraction of sp³-hybridized carbons (Fsp3) is 0.0698. The normalized spacial score (nSPS) is 16.9. The number of fused-ring (bicyclic) bond motifs is 12. The van der Waals surface area contributed by atoms with Crippen LogP contribution >= 0.6 is 14.9 Å². The molecule has 0 N–H and O–H groups in total. The molecule has 0 saturated heterocycles. The Morgan fingerprint density at radius 3 is 1.10 bits per heavy atom. The average molecular weight is 672 g/mol. The van der Waals surface area contributed by atoms with Crippen LogP contribution in [0.3, 0.4) is 0 Å². The van der Waals surface area contributed by atoms with Crippen LogP contribution in [0.5, 0.6) is 0 Å². The van der Waals surface area contributed by atoms with E-state index in [0.29, 0.717) is 0 Å². The zero-order valence-electron chi connectivity index (χ0n) is 27.5. The molecule has 1 heterocycles. The molecule has 0 saturated carbocycles. The van der Waals surface area contributed by atoms with Gasteiger partial charge in [0.15, 0.2) is 0 Å². The predicted octanol–water partition coefficient (Wildman–Crippen LogP) is 9.87. The van der Waals surface area contributed by atoms with Crippen LogP contribution in [0.4, 0.5) is 22.7 Å². The van der Waals surface area contributed by atoms with Gasteiger partial charge in [-0.2, -0.15) is 0 Å². The van der Waals surface area contributed by atoms with Gasteiger partial charge >= 0.3 is 7.80 Å². The zero-order chi connectivity index (χ0) is 33.4. The minimum absolute atomic E-state index is 0.740. The molecule has 6 heteroatoms. The van der Waals surface area contributed by atoms with E-state index in [1.165, 1.54) is 0 Å². The molecule has 1 aliphatic rings. The second-order valence-electron chi connectivity index (χ2n) is 13.0. The van der Waals surface area contributed by atoms with Crippen molar-refractivity contribution in [3.8, 4) is 0 Å². The van der Waals surface area contributed by atoms with E-state index in [4.69, 9.17) is 0 Å². The van der Waals surface area contributed by atoms with Gasteiger partial charge in [-0.15, -0.1) is 0 Å². The van der Waals surface area contributed by atoms with Gasteiger partial charge in [0.1, 0.15) is 18.5 Å². The lowest BCUT2D eigenvalue weighted by Gasteiger charge is -2.32. The van der Waals surface area contributed by atoms with Gasteiger partial charge in [-0.1, -0.05) is 114 Å². The number of hydrogen-bond donors (Lipinski definition) is 0. The van der Waals surface area contributed by atoms with Crippen LogP contribution in [-0.4, -0.2) is 20.8 Å². The summed E-state index contributed by atoms with van der Waals surface area (Å²) in [5.74, 6) is 0. The highest BCUT2D eigenvalue weighted by atomic mass is 31.2. The first-order valence-corrected chi connectivity index (χ1v) is 19.9. The topological polar surface area (TPSA) is 40.6 Å². The second kappa shape index (κ2) is 11.1. The molecule has 49 heavy (non-hydrogen) atoms. The van der Waals surface area contributed by atoms with Gasteiger partial charge < -0.3 is 14.4 Å². The van der Waals surface area contributed by atoms with Crippen molar-refractivity contribution in [2.24, 2.45) is 0 Å². The molecule has 0 fully saturated rings. The summed E-state index contributed by atoms with van der Waals surface area (Å²) in [5.41, 5.74) is 3.45. The highest BCUT2D eigenvalue weighted by Crippen LogP contribution is 2.51. The van der Waals surface area contributed by atoms with E-state index in [-0.39, 0.29) is 0 Å². The molecule has 0 aromatic heterocycles. The van der Waals surface area contributed by atoms with E-state index in [9.17, 15) is 0 Å². The van der Waals surface area contributed by atoms with Crippen LogP contribution in [0.1, 0.15) is 0 Å². The van der Waals surface area contributed by atoms with E-state index < -0.39 is 14.9 Å². The highest BCUT2D eigenvalue weighted by Gasteiger charge is 2.39. The summed E-state index contributed by atoms with van der Waals surface area (Å²) in [4.78, 5) is 4.32. The van der Waals surface area contributed by atoms with Crippen molar-refractivity contribution in [1.82, 2.24) is 0 Å². The SMILES string of the molecule is CN1c2c(ccc3ccccc23)[P+](=O)c2ccc3ccccc3c2N(C)c2c(ccc3ccccc23)P(C)(=O)c2ccc3ccccc3c21. The third-order valence-electron chi connectivity index (χ3n) is 10.2. The number of hydrogen-bond acceptors (Lipinski definition) is 4. The van der Waals surface area contributed by atoms with Crippen LogP contribution in [0, 0.1) is 0 Å². The van der Waals surface area contributed by atoms with Gasteiger partial charge in [-0.05, 0) is 64.6 Å². The maximum Gasteiger partial charge on any atom is 0.419 e. The van der Waals surface area contributed by atoms with Crippen LogP contribution in [-0.2, 0) is 9.13 Å². The summed E-state index contributed by atoms with van der Waals surface area (Å²) in [6.07, 6.45) is 0. The number of nitrogens with zero attached hydrogens (tertiary/aromatic N) is 2. The van der Waals surface area contributed by atoms with Crippen LogP contribution in [0.2, 0.25) is 0 Å². The summed E-state index contributed by atoms with van der Waals surface area (Å²) in [7, 11) is -1.34. The van der Waals surface area contributed by atoms with Gasteiger partial charge in [0.2, 0.25) is 10.6 Å². The molecular formula is C43H33N2O2P2+. The number of benzene rings is 8. The van der Waals surface area contributed by atoms with Gasteiger partial charge in [-0.25, -0.2) is 0 Å². The van der Waals surface area contributed by atoms with Gasteiger partial charge in [0.05, 0.1) is 11.4 Å². The molecule has 0 amide bonds. The summed E-state index contributed by atoms with van der Waals surface area (Å²) >= 11 is 0. The molecule has 0 aliphatic carbocycles. The minimum atomic E-state index is -3.32. The molecule has 9 rings (SSSR count). The van der Waals surface area contributed by atoms with Crippen LogP contribution in [0.15, 0.2) is 146 Å². The molecule has 0 radical (unpaired) electrons. The first-order valence-electron chi connectivity index (χ1n) is 16.4. The minimum Gasteiger partial charge on any atom is -0.339 e. The molecule has 0 spiro atoms. The van der Waals surface area contributed by atoms with Crippen molar-refractivity contribution >= 4 is 102 Å². The van der Waals surface area contributed by atoms with E-state index in [1.807, 2.05) is 93.6 Å². The Kier molecular flexibility index (Phi) is 6.78. The van der Waals surface area contributed by atoms with Crippen molar-refractivity contribution in [2.45, 2.75) is 0 Å². The van der Waals surface area contributed by atoms with E-state index in [2.05, 4.69) is 82.6 Å². The molecule has 0 atom stereocenters. The fourth-order valence-electron chi connectivity index (χ4n) is 7.88. The van der Waals surface area contributed by atoms with Crippen molar-refractivity contribution < 1.29 is 9.13 Å². The first-order chi connectivity index (χ1) is 23.8. The standard InChI is InChI=1S/C43H33N2O2P2/c1-44-40-32-16-8-4-12-28(32)20-24-36(40)48(46)37-25-21-29-13-5-9-17-33(29)41(37)45(2)43-35-19-11-7-15-31(35)23-27-39(43)49(3,47)38-26-22-30-14-6-10-18-34(30)42(38)44/h4-27H,1-3H3/q+1. The Morgan fingerprint density at radius 1 is 0.429 bits per heavy atom. The molecule has 4 nitrogen and oxygen atoms in total. The summed E-state index contributed by atoms with van der Waals surface area (Å²) in [6, 6.07) is 49.5. The van der Waals surface area contributed by atoms with Crippen LogP contribution in [0.25, 0.3) is 43.1 Å². The second-order valence-corrected chi connectivity index (χ2v) is 17.3. The average Bonchev–Trinajstić information content (AvgIpc) is 3.14. The molecule has 236 valence electrons. The largest absolute Gasteiger partial charge is 0.419 e. The third kappa shape index (κ3) is 4.41. The number of rotatable bonds is 0. The van der Waals surface area contributed by atoms with Crippen molar-refractivity contribution in [1.29, 1.82) is 0 Å². The van der Waals surface area contributed by atoms with Crippen molar-refractivity contribution in [2.75, 3.05) is 30.6 Å². The van der Waals surface area contributed by atoms with Crippen molar-refractivity contribution in [3.63, 3.8) is 0 Å². The molecular weight excluding hydrogens is 638 g/mol. The molecule has 0 bridgehead atoms. The van der Waals surface area contributed by atoms with Gasteiger partial charge in [0.25, 0.3) is 0 Å². The van der Waals surface area contributed by atoms with Gasteiger partial charge in [0, 0.05) is 46.2 Å². The maximum absolute atomic E-state index is 16.0. The van der Waals surface area contributed by atoms with E-state index in [1.54, 1.807) is 0 Å². The van der Waals surface area contributed by atoms with Crippen molar-refractivity contribution in [3.05, 3.63) is 146 Å². The lowest BCUT2D eigenvalue weighted by molar-refractivity contribution is 0.590. The number of anilines is 4. The maximum atomic E-state index is 16.0. The van der Waals surface area contributed by atoms with Crippen LogP contribution < -0.4 is 31.0 Å². The molecule has 8 aromatic carbocycles. The quantitative estimate of drug-likeness (QED) is 0.151. The Balaban J connectivity index is 1.51. The third-order valence-corrected chi connectivity index (χ3v) is 14.4. The lowest BCUT2D eigenvalue weighted by Crippen LogP contribution is -2.31. The van der Waals surface area contributed by atoms with E-state index >= 15 is 9.13 Å². The Morgan fingerprint density at radius 2 is 0.735 bits per heavy atom. The first kappa shape index (κ1) is 29.8. The molecule has 0 unspecified atom stereocenters. The smallest absolute Gasteiger partial charge is 0.339 e. The Labute approximate surface area is 286 Å². The van der Waals surface area contributed by atoms with Gasteiger partial charge in [-0.3, -0.25) is 0 Å². The Hall–Kier alpha value is -5.27. The highest BCUT2D eigenvalue weighted by molar-refractivity contribution is 7.78. The molecule has 1 aliphatic heterocycles. The zero-order valence-corrected chi connectivity index (χ0v) is 29.3. The summed E-state index contributed by atoms with van der Waals surface area (Å²) < 4.78 is 31.4. The predicted molar refractivity (Wildman–Crippen MR) is 212 cm³/mol. The summed E-state index contributed by atoms with van der Waals surface area (Å²) in [6.45, 7) is 1.91. The summed E-state index contributed by atoms with van der Waals surface area (Å²) in [5, 5.41) is 11.2. The fourth-order valence-corrected chi connectivity index (χ4v) is 11.8. The van der Waals surface area contributed by atoms with E-state index in [0.717, 1.165) is 87.1 Å². The molecule has 8 aromatic rings. The monoisotopic (exact) mass is 671 g/mol.